The Morgan fingerprint density at radius 3 is 2.53 bits per heavy atom. The van der Waals surface area contributed by atoms with Gasteiger partial charge in [0.1, 0.15) is 6.54 Å². The number of carbonyl (C=O) groups excluding carboxylic acids is 2. The van der Waals surface area contributed by atoms with Crippen LogP contribution in [0, 0.1) is 0 Å². The van der Waals surface area contributed by atoms with Crippen molar-refractivity contribution in [3.05, 3.63) is 46.2 Å². The first-order valence-electron chi connectivity index (χ1n) is 12.4. The van der Waals surface area contributed by atoms with Gasteiger partial charge in [-0.1, -0.05) is 12.1 Å². The first kappa shape index (κ1) is 27.8. The molecule has 9 heteroatoms. The second kappa shape index (κ2) is 13.0. The summed E-state index contributed by atoms with van der Waals surface area (Å²) >= 11 is 1.62. The minimum Gasteiger partial charge on any atom is -0.493 e. The van der Waals surface area contributed by atoms with Crippen LogP contribution in [-0.2, 0) is 22.5 Å². The van der Waals surface area contributed by atoms with Crippen LogP contribution < -0.4 is 14.8 Å². The number of nitrogens with one attached hydrogen (secondary N) is 1. The first-order valence-corrected chi connectivity index (χ1v) is 13.3. The molecule has 0 spiro atoms. The Morgan fingerprint density at radius 2 is 1.92 bits per heavy atom. The average Bonchev–Trinajstić information content (AvgIpc) is 3.54. The summed E-state index contributed by atoms with van der Waals surface area (Å²) in [5, 5.41) is 5.01. The molecule has 1 fully saturated rings. The summed E-state index contributed by atoms with van der Waals surface area (Å²) in [5.74, 6) is 1.24. The number of benzene rings is 1. The fourth-order valence-corrected chi connectivity index (χ4v) is 4.82. The van der Waals surface area contributed by atoms with Crippen molar-refractivity contribution in [2.45, 2.75) is 58.2 Å². The van der Waals surface area contributed by atoms with Crippen molar-refractivity contribution in [1.29, 1.82) is 0 Å². The lowest BCUT2D eigenvalue weighted by atomic mass is 10.1. The molecule has 0 radical (unpaired) electrons. The molecular formula is C27H39N3O5S. The zero-order valence-electron chi connectivity index (χ0n) is 22.0. The Morgan fingerprint density at radius 1 is 1.14 bits per heavy atom. The molecule has 0 aliphatic carbocycles. The maximum atomic E-state index is 13.6. The molecule has 3 rings (SSSR count). The molecule has 1 aliphatic heterocycles. The van der Waals surface area contributed by atoms with Gasteiger partial charge < -0.3 is 29.3 Å². The van der Waals surface area contributed by atoms with Gasteiger partial charge in [-0.15, -0.1) is 11.3 Å². The number of amides is 3. The van der Waals surface area contributed by atoms with Gasteiger partial charge in [0.25, 0.3) is 0 Å². The Kier molecular flexibility index (Phi) is 10.0. The molecule has 0 saturated carbocycles. The average molecular weight is 518 g/mol. The maximum absolute atomic E-state index is 13.6. The van der Waals surface area contributed by atoms with Crippen LogP contribution in [0.4, 0.5) is 4.79 Å². The minimum atomic E-state index is -0.404. The summed E-state index contributed by atoms with van der Waals surface area (Å²) in [6.07, 6.45) is 2.48. The van der Waals surface area contributed by atoms with Crippen molar-refractivity contribution in [3.8, 4) is 11.5 Å². The molecule has 2 heterocycles. The summed E-state index contributed by atoms with van der Waals surface area (Å²) in [4.78, 5) is 31.2. The molecule has 1 saturated heterocycles. The summed E-state index contributed by atoms with van der Waals surface area (Å²) in [6.45, 7) is 7.91. The highest BCUT2D eigenvalue weighted by atomic mass is 32.1. The third-order valence-electron chi connectivity index (χ3n) is 5.94. The minimum absolute atomic E-state index is 0.000910. The molecule has 1 atom stereocenters. The number of hydrogen-bond acceptors (Lipinski definition) is 6. The van der Waals surface area contributed by atoms with Gasteiger partial charge in [-0.05, 0) is 69.2 Å². The van der Waals surface area contributed by atoms with Crippen LogP contribution in [0.2, 0.25) is 0 Å². The summed E-state index contributed by atoms with van der Waals surface area (Å²) in [5.41, 5.74) is 0.636. The second-order valence-corrected chi connectivity index (χ2v) is 11.1. The third-order valence-corrected chi connectivity index (χ3v) is 6.80. The van der Waals surface area contributed by atoms with E-state index in [4.69, 9.17) is 14.2 Å². The number of ether oxygens (including phenoxy) is 3. The van der Waals surface area contributed by atoms with E-state index in [1.54, 1.807) is 30.5 Å². The number of methoxy groups -OCH3 is 2. The van der Waals surface area contributed by atoms with Gasteiger partial charge in [-0.25, -0.2) is 4.79 Å². The number of hydrogen-bond donors (Lipinski definition) is 1. The zero-order chi connectivity index (χ0) is 26.1. The van der Waals surface area contributed by atoms with E-state index in [0.717, 1.165) is 23.3 Å². The van der Waals surface area contributed by atoms with Crippen LogP contribution in [-0.4, -0.2) is 73.8 Å². The predicted molar refractivity (Wildman–Crippen MR) is 142 cm³/mol. The molecule has 0 bridgehead atoms. The largest absolute Gasteiger partial charge is 0.493 e. The molecule has 198 valence electrons. The van der Waals surface area contributed by atoms with Crippen LogP contribution in [0.1, 0.15) is 44.1 Å². The van der Waals surface area contributed by atoms with Crippen LogP contribution in [0.15, 0.2) is 35.7 Å². The fraction of sp³-hybridized carbons (Fsp3) is 0.556. The molecule has 36 heavy (non-hydrogen) atoms. The zero-order valence-corrected chi connectivity index (χ0v) is 22.9. The molecular weight excluding hydrogens is 478 g/mol. The van der Waals surface area contributed by atoms with Crippen molar-refractivity contribution in [2.75, 3.05) is 40.5 Å². The normalized spacial score (nSPS) is 15.4. The second-order valence-electron chi connectivity index (χ2n) is 10.0. The van der Waals surface area contributed by atoms with Gasteiger partial charge in [0.05, 0.1) is 26.9 Å². The number of nitrogens with zero attached hydrogens (tertiary/aromatic N) is 2. The number of thiophene rings is 1. The van der Waals surface area contributed by atoms with Gasteiger partial charge in [0.2, 0.25) is 5.91 Å². The van der Waals surface area contributed by atoms with E-state index in [1.807, 2.05) is 61.4 Å². The number of carbonyl (C=O) groups is 2. The highest BCUT2D eigenvalue weighted by molar-refractivity contribution is 7.09. The predicted octanol–water partition coefficient (Wildman–Crippen LogP) is 4.33. The van der Waals surface area contributed by atoms with E-state index in [1.165, 1.54) is 0 Å². The van der Waals surface area contributed by atoms with E-state index in [0.29, 0.717) is 44.2 Å². The molecule has 2 aromatic rings. The molecule has 1 N–H and O–H groups in total. The van der Waals surface area contributed by atoms with Crippen LogP contribution in [0.3, 0.4) is 0 Å². The van der Waals surface area contributed by atoms with Gasteiger partial charge >= 0.3 is 6.03 Å². The maximum Gasteiger partial charge on any atom is 0.318 e. The topological polar surface area (TPSA) is 80.3 Å². The van der Waals surface area contributed by atoms with Crippen molar-refractivity contribution in [1.82, 2.24) is 15.1 Å². The van der Waals surface area contributed by atoms with Crippen LogP contribution in [0.25, 0.3) is 0 Å². The van der Waals surface area contributed by atoms with Gasteiger partial charge in [0, 0.05) is 30.1 Å². The number of urea groups is 1. The SMILES string of the molecule is COc1ccc(CCN(Cc2cccs2)C(=O)CN(CC2CCCO2)C(=O)NC(C)(C)C)cc1OC. The summed E-state index contributed by atoms with van der Waals surface area (Å²) < 4.78 is 16.5. The first-order chi connectivity index (χ1) is 17.2. The monoisotopic (exact) mass is 517 g/mol. The van der Waals surface area contributed by atoms with Gasteiger partial charge in [-0.2, -0.15) is 0 Å². The summed E-state index contributed by atoms with van der Waals surface area (Å²) in [6, 6.07) is 9.56. The molecule has 1 aliphatic rings. The molecule has 1 aromatic carbocycles. The van der Waals surface area contributed by atoms with E-state index in [-0.39, 0.29) is 24.6 Å². The van der Waals surface area contributed by atoms with E-state index < -0.39 is 5.54 Å². The lowest BCUT2D eigenvalue weighted by molar-refractivity contribution is -0.132. The molecule has 8 nitrogen and oxygen atoms in total. The Labute approximate surface area is 218 Å². The van der Waals surface area contributed by atoms with E-state index in [9.17, 15) is 9.59 Å². The van der Waals surface area contributed by atoms with Gasteiger partial charge in [0.15, 0.2) is 11.5 Å². The van der Waals surface area contributed by atoms with Crippen LogP contribution in [0.5, 0.6) is 11.5 Å². The quantitative estimate of drug-likeness (QED) is 0.480. The Balaban J connectivity index is 1.74. The van der Waals surface area contributed by atoms with Crippen molar-refractivity contribution in [2.24, 2.45) is 0 Å². The Bertz CT molecular complexity index is 984. The van der Waals surface area contributed by atoms with Crippen LogP contribution >= 0.6 is 11.3 Å². The summed E-state index contributed by atoms with van der Waals surface area (Å²) in [7, 11) is 3.22. The number of rotatable bonds is 11. The van der Waals surface area contributed by atoms with Crippen molar-refractivity contribution >= 4 is 23.3 Å². The highest BCUT2D eigenvalue weighted by Gasteiger charge is 2.28. The smallest absolute Gasteiger partial charge is 0.318 e. The Hall–Kier alpha value is -2.78. The highest BCUT2D eigenvalue weighted by Crippen LogP contribution is 2.28. The lowest BCUT2D eigenvalue weighted by Crippen LogP contribution is -2.53. The van der Waals surface area contributed by atoms with Crippen molar-refractivity contribution < 1.29 is 23.8 Å². The molecule has 1 unspecified atom stereocenters. The molecule has 1 aromatic heterocycles. The van der Waals surface area contributed by atoms with Crippen molar-refractivity contribution in [3.63, 3.8) is 0 Å². The lowest BCUT2D eigenvalue weighted by Gasteiger charge is -2.31. The third kappa shape index (κ3) is 8.41. The van der Waals surface area contributed by atoms with Gasteiger partial charge in [-0.3, -0.25) is 4.79 Å². The standard InChI is InChI=1S/C27H39N3O5S/c1-27(2,3)28-26(32)30(17-21-8-6-14-35-21)19-25(31)29(18-22-9-7-15-36-22)13-12-20-10-11-23(33-4)24(16-20)34-5/h7,9-11,15-16,21H,6,8,12-14,17-19H2,1-5H3,(H,28,32). The fourth-order valence-electron chi connectivity index (χ4n) is 4.10. The molecule has 3 amide bonds. The van der Waals surface area contributed by atoms with E-state index >= 15 is 0 Å². The van der Waals surface area contributed by atoms with E-state index in [2.05, 4.69) is 5.32 Å².